The first kappa shape index (κ1) is 26.4. The average molecular weight is 471 g/mol. The molecule has 3 unspecified atom stereocenters. The van der Waals surface area contributed by atoms with Crippen molar-refractivity contribution in [2.24, 2.45) is 11.3 Å². The summed E-state index contributed by atoms with van der Waals surface area (Å²) in [5.41, 5.74) is 0.822. The van der Waals surface area contributed by atoms with E-state index < -0.39 is 17.7 Å². The summed E-state index contributed by atoms with van der Waals surface area (Å²) >= 11 is 12.4. The highest BCUT2D eigenvalue weighted by Gasteiger charge is 2.33. The molecule has 2 aromatic rings. The summed E-state index contributed by atoms with van der Waals surface area (Å²) in [5.74, 6) is -1.98. The lowest BCUT2D eigenvalue weighted by Gasteiger charge is -2.24. The summed E-state index contributed by atoms with van der Waals surface area (Å²) in [4.78, 5) is 26.2. The molecular formula is C23H29Cl2O4P. The van der Waals surface area contributed by atoms with Crippen LogP contribution < -0.4 is 0 Å². The average Bonchev–Trinajstić information content (AvgIpc) is 2.67. The Kier molecular flexibility index (Phi) is 10.8. The first-order valence-electron chi connectivity index (χ1n) is 9.59. The third-order valence-electron chi connectivity index (χ3n) is 4.31. The highest BCUT2D eigenvalue weighted by atomic mass is 35.5. The lowest BCUT2D eigenvalue weighted by atomic mass is 9.86. The van der Waals surface area contributed by atoms with Gasteiger partial charge in [-0.3, -0.25) is 9.59 Å². The molecule has 0 aliphatic heterocycles. The highest BCUT2D eigenvalue weighted by Crippen LogP contribution is 2.32. The van der Waals surface area contributed by atoms with Gasteiger partial charge in [-0.25, -0.2) is 0 Å². The van der Waals surface area contributed by atoms with Crippen molar-refractivity contribution < 1.29 is 18.9 Å². The van der Waals surface area contributed by atoms with Crippen LogP contribution in [0, 0.1) is 11.3 Å². The number of esters is 1. The lowest BCUT2D eigenvalue weighted by molar-refractivity contribution is -0.145. The minimum Gasteiger partial charge on any atom is -0.465 e. The van der Waals surface area contributed by atoms with Crippen LogP contribution in [0.5, 0.6) is 0 Å². The Morgan fingerprint density at radius 2 is 1.50 bits per heavy atom. The molecule has 0 aromatic heterocycles. The third-order valence-corrected chi connectivity index (χ3v) is 4.94. The predicted molar refractivity (Wildman–Crippen MR) is 126 cm³/mol. The number of hydrogen-bond acceptors (Lipinski definition) is 4. The van der Waals surface area contributed by atoms with Gasteiger partial charge in [-0.05, 0) is 35.4 Å². The zero-order chi connectivity index (χ0) is 22.9. The quantitative estimate of drug-likeness (QED) is 0.200. The molecule has 0 fully saturated rings. The molecule has 0 heterocycles. The van der Waals surface area contributed by atoms with Gasteiger partial charge >= 0.3 is 5.97 Å². The molecule has 0 bridgehead atoms. The van der Waals surface area contributed by atoms with Crippen molar-refractivity contribution in [3.63, 3.8) is 0 Å². The molecule has 2 rings (SSSR count). The van der Waals surface area contributed by atoms with Gasteiger partial charge in [0.05, 0.1) is 31.3 Å². The molecule has 0 radical (unpaired) electrons. The molecule has 0 saturated carbocycles. The van der Waals surface area contributed by atoms with Gasteiger partial charge in [0, 0.05) is 0 Å². The third kappa shape index (κ3) is 7.91. The van der Waals surface area contributed by atoms with Crippen LogP contribution in [0.3, 0.4) is 0 Å². The van der Waals surface area contributed by atoms with E-state index in [1.807, 2.05) is 13.0 Å². The Hall–Kier alpha value is -1.61. The molecule has 164 valence electrons. The molecule has 0 saturated heterocycles. The monoisotopic (exact) mass is 470 g/mol. The maximum absolute atomic E-state index is 13.2. The standard InChI is InChI=1S/C23H26Cl2O3.H3OP/c1-15(13-23(2,3)4)14-28-22(27)19(16-9-6-5-7-10-16)21(26)20-17(24)11-8-12-18(20)25;1-2/h5-12,15,19H,13-14H2,1-4H3;2H3. The second-order valence-electron chi connectivity index (χ2n) is 8.30. The largest absolute Gasteiger partial charge is 0.465 e. The normalized spacial score (nSPS) is 13.0. The van der Waals surface area contributed by atoms with E-state index in [4.69, 9.17) is 32.5 Å². The Balaban J connectivity index is 0.00000218. The van der Waals surface area contributed by atoms with E-state index in [-0.39, 0.29) is 33.5 Å². The van der Waals surface area contributed by atoms with Crippen molar-refractivity contribution in [3.8, 4) is 0 Å². The Bertz CT molecular complexity index is 830. The number of benzene rings is 2. The van der Waals surface area contributed by atoms with Crippen LogP contribution in [0.2, 0.25) is 10.0 Å². The van der Waals surface area contributed by atoms with Gasteiger partial charge in [-0.2, -0.15) is 0 Å². The van der Waals surface area contributed by atoms with Gasteiger partial charge < -0.3 is 9.30 Å². The van der Waals surface area contributed by atoms with Crippen LogP contribution in [0.25, 0.3) is 0 Å². The molecule has 0 spiro atoms. The molecule has 0 amide bonds. The molecule has 30 heavy (non-hydrogen) atoms. The molecule has 0 aliphatic rings. The summed E-state index contributed by atoms with van der Waals surface area (Å²) in [6.45, 7) is 8.70. The van der Waals surface area contributed by atoms with Gasteiger partial charge in [0.2, 0.25) is 0 Å². The molecular weight excluding hydrogens is 442 g/mol. The van der Waals surface area contributed by atoms with Crippen LogP contribution in [0.1, 0.15) is 56.0 Å². The van der Waals surface area contributed by atoms with E-state index in [2.05, 4.69) is 20.8 Å². The van der Waals surface area contributed by atoms with Gasteiger partial charge in [0.1, 0.15) is 5.92 Å². The van der Waals surface area contributed by atoms with Gasteiger partial charge in [0.25, 0.3) is 0 Å². The smallest absolute Gasteiger partial charge is 0.321 e. The van der Waals surface area contributed by atoms with Crippen LogP contribution >= 0.6 is 32.3 Å². The predicted octanol–water partition coefficient (Wildman–Crippen LogP) is 6.51. The van der Waals surface area contributed by atoms with Crippen molar-refractivity contribution >= 4 is 44.1 Å². The minimum atomic E-state index is -1.11. The van der Waals surface area contributed by atoms with E-state index in [1.165, 1.54) is 0 Å². The number of Topliss-reactive ketones (excluding diaryl/α,β-unsaturated/α-hetero) is 1. The summed E-state index contributed by atoms with van der Waals surface area (Å²) in [7, 11) is 0.611. The Morgan fingerprint density at radius 1 is 0.967 bits per heavy atom. The van der Waals surface area contributed by atoms with Crippen LogP contribution in [0.4, 0.5) is 0 Å². The van der Waals surface area contributed by atoms with Crippen molar-refractivity contribution in [1.29, 1.82) is 0 Å². The maximum Gasteiger partial charge on any atom is 0.321 e. The van der Waals surface area contributed by atoms with Gasteiger partial charge in [-0.1, -0.05) is 87.3 Å². The zero-order valence-electron chi connectivity index (χ0n) is 17.8. The van der Waals surface area contributed by atoms with Gasteiger partial charge in [0.15, 0.2) is 5.78 Å². The van der Waals surface area contributed by atoms with E-state index in [9.17, 15) is 9.59 Å². The second kappa shape index (κ2) is 12.3. The number of carbonyl (C=O) groups excluding carboxylic acids is 2. The fourth-order valence-corrected chi connectivity index (χ4v) is 3.91. The number of halogens is 2. The van der Waals surface area contributed by atoms with Crippen molar-refractivity contribution in [2.75, 3.05) is 6.61 Å². The number of hydrogen-bond donors (Lipinski definition) is 0. The highest BCUT2D eigenvalue weighted by molar-refractivity contribution is 7.00. The fourth-order valence-electron chi connectivity index (χ4n) is 3.33. The molecule has 0 aliphatic carbocycles. The summed E-state index contributed by atoms with van der Waals surface area (Å²) in [6, 6.07) is 13.7. The fraction of sp³-hybridized carbons (Fsp3) is 0.391. The van der Waals surface area contributed by atoms with E-state index in [0.29, 0.717) is 14.7 Å². The number of ether oxygens (including phenoxy) is 1. The van der Waals surface area contributed by atoms with Crippen molar-refractivity contribution in [2.45, 2.75) is 40.0 Å². The SMILES string of the molecule is CC(COC(=O)C(C(=O)c1c(Cl)cccc1Cl)c1ccccc1)CC(C)(C)C.O=[PH3]. The lowest BCUT2D eigenvalue weighted by Crippen LogP contribution is -2.27. The molecule has 3 atom stereocenters. The first-order valence-corrected chi connectivity index (χ1v) is 10.9. The minimum absolute atomic E-state index is 0.131. The van der Waals surface area contributed by atoms with Crippen molar-refractivity contribution in [3.05, 3.63) is 69.7 Å². The molecule has 7 heteroatoms. The van der Waals surface area contributed by atoms with Crippen LogP contribution in [-0.2, 0) is 14.1 Å². The molecule has 0 N–H and O–H groups in total. The summed E-state index contributed by atoms with van der Waals surface area (Å²) in [5, 5.41) is 0.430. The topological polar surface area (TPSA) is 60.4 Å². The zero-order valence-corrected chi connectivity index (χ0v) is 20.7. The van der Waals surface area contributed by atoms with E-state index in [0.717, 1.165) is 6.42 Å². The van der Waals surface area contributed by atoms with Crippen molar-refractivity contribution in [1.82, 2.24) is 0 Å². The second-order valence-corrected chi connectivity index (χ2v) is 9.12. The molecule has 2 aromatic carbocycles. The summed E-state index contributed by atoms with van der Waals surface area (Å²) < 4.78 is 13.8. The first-order chi connectivity index (χ1) is 14.1. The number of rotatable bonds is 7. The Morgan fingerprint density at radius 3 is 2.00 bits per heavy atom. The number of ketones is 1. The number of carbonyl (C=O) groups is 2. The van der Waals surface area contributed by atoms with E-state index in [1.54, 1.807) is 42.5 Å². The van der Waals surface area contributed by atoms with Gasteiger partial charge in [-0.15, -0.1) is 0 Å². The van der Waals surface area contributed by atoms with Crippen LogP contribution in [0.15, 0.2) is 48.5 Å². The molecule has 4 nitrogen and oxygen atoms in total. The van der Waals surface area contributed by atoms with E-state index >= 15 is 0 Å². The maximum atomic E-state index is 13.2. The Labute approximate surface area is 190 Å². The summed E-state index contributed by atoms with van der Waals surface area (Å²) in [6.07, 6.45) is 0.903. The van der Waals surface area contributed by atoms with Crippen LogP contribution in [-0.4, -0.2) is 18.4 Å².